The smallest absolute Gasteiger partial charge is 0.256 e. The van der Waals surface area contributed by atoms with Crippen LogP contribution in [-0.4, -0.2) is 43.4 Å². The summed E-state index contributed by atoms with van der Waals surface area (Å²) in [6.45, 7) is 9.11. The predicted molar refractivity (Wildman–Crippen MR) is 94.5 cm³/mol. The van der Waals surface area contributed by atoms with Gasteiger partial charge in [-0.3, -0.25) is 4.79 Å². The van der Waals surface area contributed by atoms with Gasteiger partial charge in [-0.1, -0.05) is 19.8 Å². The molecular formula is C18H30N2O4. The number of carbonyl (C=O) groups is 1. The Kier molecular flexibility index (Phi) is 8.71. The van der Waals surface area contributed by atoms with Gasteiger partial charge in [0.1, 0.15) is 12.2 Å². The summed E-state index contributed by atoms with van der Waals surface area (Å²) in [4.78, 5) is 17.0. The zero-order valence-corrected chi connectivity index (χ0v) is 15.5. The predicted octanol–water partition coefficient (Wildman–Crippen LogP) is 3.34. The average Bonchev–Trinajstić information content (AvgIpc) is 2.55. The highest BCUT2D eigenvalue weighted by atomic mass is 16.5. The minimum atomic E-state index is -0.829. The Balaban J connectivity index is 2.77. The number of hydrogen-bond acceptors (Lipinski definition) is 5. The third-order valence-corrected chi connectivity index (χ3v) is 3.80. The molecule has 6 nitrogen and oxygen atoms in total. The molecule has 0 aliphatic carbocycles. The summed E-state index contributed by atoms with van der Waals surface area (Å²) in [5, 5.41) is 2.93. The zero-order chi connectivity index (χ0) is 18.0. The number of pyridine rings is 1. The maximum absolute atomic E-state index is 12.7. The lowest BCUT2D eigenvalue weighted by atomic mass is 9.97. The number of hydrogen-bond donors (Lipinski definition) is 1. The van der Waals surface area contributed by atoms with Crippen LogP contribution in [0, 0.1) is 6.92 Å². The van der Waals surface area contributed by atoms with E-state index in [4.69, 9.17) is 14.2 Å². The van der Waals surface area contributed by atoms with Crippen LogP contribution >= 0.6 is 0 Å². The molecule has 24 heavy (non-hydrogen) atoms. The Hall–Kier alpha value is -1.66. The van der Waals surface area contributed by atoms with Crippen LogP contribution in [0.4, 0.5) is 5.69 Å². The van der Waals surface area contributed by atoms with Crippen LogP contribution in [0.5, 0.6) is 5.88 Å². The van der Waals surface area contributed by atoms with Gasteiger partial charge < -0.3 is 19.5 Å². The first kappa shape index (κ1) is 20.4. The van der Waals surface area contributed by atoms with Crippen molar-refractivity contribution in [2.45, 2.75) is 52.6 Å². The molecule has 0 saturated carbocycles. The SMILES string of the molecule is CCCCC(C)(OCC)C(=O)Nc1ccc(OCCOC)nc1C. The Morgan fingerprint density at radius 1 is 1.29 bits per heavy atom. The number of nitrogens with one attached hydrogen (secondary N) is 1. The molecule has 136 valence electrons. The quantitative estimate of drug-likeness (QED) is 0.627. The van der Waals surface area contributed by atoms with Crippen LogP contribution in [0.3, 0.4) is 0 Å². The molecule has 1 N–H and O–H groups in total. The lowest BCUT2D eigenvalue weighted by molar-refractivity contribution is -0.139. The van der Waals surface area contributed by atoms with E-state index in [1.807, 2.05) is 20.8 Å². The van der Waals surface area contributed by atoms with E-state index in [0.29, 0.717) is 43.5 Å². The van der Waals surface area contributed by atoms with Gasteiger partial charge in [-0.25, -0.2) is 4.98 Å². The molecule has 1 amide bonds. The van der Waals surface area contributed by atoms with Gasteiger partial charge in [0.25, 0.3) is 5.91 Å². The highest BCUT2D eigenvalue weighted by molar-refractivity contribution is 5.97. The maximum atomic E-state index is 12.7. The fourth-order valence-electron chi connectivity index (χ4n) is 2.32. The molecule has 0 aliphatic rings. The van der Waals surface area contributed by atoms with E-state index < -0.39 is 5.60 Å². The average molecular weight is 338 g/mol. The molecule has 0 bridgehead atoms. The van der Waals surface area contributed by atoms with Crippen molar-refractivity contribution in [3.05, 3.63) is 17.8 Å². The minimum absolute atomic E-state index is 0.143. The first-order valence-electron chi connectivity index (χ1n) is 8.51. The highest BCUT2D eigenvalue weighted by Crippen LogP contribution is 2.23. The van der Waals surface area contributed by atoms with E-state index in [-0.39, 0.29) is 5.91 Å². The summed E-state index contributed by atoms with van der Waals surface area (Å²) in [6.07, 6.45) is 2.64. The van der Waals surface area contributed by atoms with Gasteiger partial charge >= 0.3 is 0 Å². The number of amides is 1. The number of unbranched alkanes of at least 4 members (excludes halogenated alkanes) is 1. The van der Waals surface area contributed by atoms with E-state index in [2.05, 4.69) is 17.2 Å². The second-order valence-electron chi connectivity index (χ2n) is 5.85. The van der Waals surface area contributed by atoms with Crippen LogP contribution in [-0.2, 0) is 14.3 Å². The van der Waals surface area contributed by atoms with Crippen molar-refractivity contribution >= 4 is 11.6 Å². The standard InChI is InChI=1S/C18H30N2O4/c1-6-8-11-18(4,24-7-2)17(21)20-15-9-10-16(19-14(15)3)23-13-12-22-5/h9-10H,6-8,11-13H2,1-5H3,(H,20,21). The summed E-state index contributed by atoms with van der Waals surface area (Å²) in [6, 6.07) is 3.54. The van der Waals surface area contributed by atoms with Gasteiger partial charge in [-0.2, -0.15) is 0 Å². The molecule has 0 saturated heterocycles. The van der Waals surface area contributed by atoms with E-state index in [1.165, 1.54) is 0 Å². The molecule has 0 fully saturated rings. The molecule has 0 aromatic carbocycles. The number of carbonyl (C=O) groups excluding carboxylic acids is 1. The lowest BCUT2D eigenvalue weighted by Gasteiger charge is -2.28. The van der Waals surface area contributed by atoms with Crippen molar-refractivity contribution in [1.29, 1.82) is 0 Å². The number of methoxy groups -OCH3 is 1. The highest BCUT2D eigenvalue weighted by Gasteiger charge is 2.33. The third kappa shape index (κ3) is 6.09. The summed E-state index contributed by atoms with van der Waals surface area (Å²) < 4.78 is 16.1. The van der Waals surface area contributed by atoms with Crippen LogP contribution in [0.25, 0.3) is 0 Å². The Morgan fingerprint density at radius 3 is 2.62 bits per heavy atom. The summed E-state index contributed by atoms with van der Waals surface area (Å²) in [7, 11) is 1.62. The molecule has 1 aromatic rings. The minimum Gasteiger partial charge on any atom is -0.475 e. The Bertz CT molecular complexity index is 522. The summed E-state index contributed by atoms with van der Waals surface area (Å²) >= 11 is 0. The van der Waals surface area contributed by atoms with Gasteiger partial charge in [-0.05, 0) is 33.3 Å². The molecule has 6 heteroatoms. The Labute approximate surface area is 144 Å². The summed E-state index contributed by atoms with van der Waals surface area (Å²) in [5.41, 5.74) is 0.541. The van der Waals surface area contributed by atoms with Crippen molar-refractivity contribution in [2.24, 2.45) is 0 Å². The second-order valence-corrected chi connectivity index (χ2v) is 5.85. The topological polar surface area (TPSA) is 69.7 Å². The molecular weight excluding hydrogens is 308 g/mol. The number of nitrogens with zero attached hydrogens (tertiary/aromatic N) is 1. The largest absolute Gasteiger partial charge is 0.475 e. The van der Waals surface area contributed by atoms with Crippen LogP contribution < -0.4 is 10.1 Å². The van der Waals surface area contributed by atoms with Gasteiger partial charge in [0.15, 0.2) is 0 Å². The first-order chi connectivity index (χ1) is 11.5. The summed E-state index contributed by atoms with van der Waals surface area (Å²) in [5.74, 6) is 0.372. The third-order valence-electron chi connectivity index (χ3n) is 3.80. The number of anilines is 1. The van der Waals surface area contributed by atoms with Crippen molar-refractivity contribution in [3.63, 3.8) is 0 Å². The van der Waals surface area contributed by atoms with Crippen molar-refractivity contribution in [1.82, 2.24) is 4.98 Å². The Morgan fingerprint density at radius 2 is 2.04 bits per heavy atom. The normalized spacial score (nSPS) is 13.4. The number of ether oxygens (including phenoxy) is 3. The lowest BCUT2D eigenvalue weighted by Crippen LogP contribution is -2.43. The molecule has 0 spiro atoms. The van der Waals surface area contributed by atoms with Gasteiger partial charge in [0.05, 0.1) is 18.0 Å². The molecule has 1 aromatic heterocycles. The van der Waals surface area contributed by atoms with Gasteiger partial charge in [0, 0.05) is 19.8 Å². The molecule has 1 atom stereocenters. The van der Waals surface area contributed by atoms with E-state index in [9.17, 15) is 4.79 Å². The fourth-order valence-corrected chi connectivity index (χ4v) is 2.32. The number of rotatable bonds is 11. The maximum Gasteiger partial charge on any atom is 0.256 e. The first-order valence-corrected chi connectivity index (χ1v) is 8.51. The van der Waals surface area contributed by atoms with Gasteiger partial charge in [0.2, 0.25) is 5.88 Å². The van der Waals surface area contributed by atoms with Gasteiger partial charge in [-0.15, -0.1) is 0 Å². The molecule has 1 rings (SSSR count). The number of aryl methyl sites for hydroxylation is 1. The molecule has 0 aliphatic heterocycles. The molecule has 1 unspecified atom stereocenters. The molecule has 1 heterocycles. The van der Waals surface area contributed by atoms with Crippen molar-refractivity contribution in [2.75, 3.05) is 32.2 Å². The van der Waals surface area contributed by atoms with E-state index in [1.54, 1.807) is 19.2 Å². The van der Waals surface area contributed by atoms with E-state index >= 15 is 0 Å². The molecule has 0 radical (unpaired) electrons. The fraction of sp³-hybridized carbons (Fsp3) is 0.667. The second kappa shape index (κ2) is 10.3. The monoisotopic (exact) mass is 338 g/mol. The van der Waals surface area contributed by atoms with Crippen molar-refractivity contribution in [3.8, 4) is 5.88 Å². The number of aromatic nitrogens is 1. The van der Waals surface area contributed by atoms with Crippen molar-refractivity contribution < 1.29 is 19.0 Å². The van der Waals surface area contributed by atoms with E-state index in [0.717, 1.165) is 12.8 Å². The van der Waals surface area contributed by atoms with Crippen LogP contribution in [0.15, 0.2) is 12.1 Å². The zero-order valence-electron chi connectivity index (χ0n) is 15.5. The van der Waals surface area contributed by atoms with Crippen LogP contribution in [0.1, 0.15) is 45.7 Å². The van der Waals surface area contributed by atoms with Crippen LogP contribution in [0.2, 0.25) is 0 Å².